The third kappa shape index (κ3) is 3.46. The van der Waals surface area contributed by atoms with Gasteiger partial charge in [-0.15, -0.1) is 11.3 Å². The van der Waals surface area contributed by atoms with Gasteiger partial charge in [0, 0.05) is 42.7 Å². The molecule has 1 N–H and O–H groups in total. The molecule has 46 heavy (non-hydrogen) atoms. The van der Waals surface area contributed by atoms with Gasteiger partial charge in [-0.05, 0) is 69.8 Å². The summed E-state index contributed by atoms with van der Waals surface area (Å²) in [4.78, 5) is 0. The smallest absolute Gasteiger partial charge is 0.134 e. The van der Waals surface area contributed by atoms with Gasteiger partial charge in [0.2, 0.25) is 0 Å². The van der Waals surface area contributed by atoms with Crippen LogP contribution in [0.3, 0.4) is 0 Å². The van der Waals surface area contributed by atoms with Crippen molar-refractivity contribution in [1.29, 1.82) is 0 Å². The lowest BCUT2D eigenvalue weighted by Crippen LogP contribution is -2.33. The van der Waals surface area contributed by atoms with E-state index in [1.165, 1.54) is 59.1 Å². The first kappa shape index (κ1) is 25.7. The van der Waals surface area contributed by atoms with E-state index in [4.69, 9.17) is 4.74 Å². The Hall–Kier alpha value is -5.64. The fraction of sp³-hybridized carbons (Fsp3) is 0.0233. The summed E-state index contributed by atoms with van der Waals surface area (Å²) in [6, 6.07) is 56.8. The molecule has 0 fully saturated rings. The maximum absolute atomic E-state index is 6.70. The molecule has 0 saturated heterocycles. The second kappa shape index (κ2) is 9.68. The molecule has 2 nitrogen and oxygen atoms in total. The summed E-state index contributed by atoms with van der Waals surface area (Å²) in [7, 11) is 0. The summed E-state index contributed by atoms with van der Waals surface area (Å²) in [6.07, 6.45) is 0. The van der Waals surface area contributed by atoms with Gasteiger partial charge in [0.15, 0.2) is 0 Å². The monoisotopic (exact) mass is 605 g/mol. The fourth-order valence-electron chi connectivity index (χ4n) is 7.94. The minimum Gasteiger partial charge on any atom is -0.457 e. The van der Waals surface area contributed by atoms with Gasteiger partial charge in [0.25, 0.3) is 0 Å². The molecular weight excluding hydrogens is 579 g/mol. The highest BCUT2D eigenvalue weighted by molar-refractivity contribution is 7.26. The minimum absolute atomic E-state index is 0.521. The van der Waals surface area contributed by atoms with E-state index >= 15 is 0 Å². The number of nitrogens with one attached hydrogen (secondary N) is 1. The maximum atomic E-state index is 6.70. The molecule has 1 aromatic heterocycles. The molecule has 0 unspecified atom stereocenters. The van der Waals surface area contributed by atoms with E-state index in [0.29, 0.717) is 0 Å². The van der Waals surface area contributed by atoms with Crippen molar-refractivity contribution in [2.45, 2.75) is 5.41 Å². The van der Waals surface area contributed by atoms with Crippen LogP contribution in [-0.2, 0) is 5.41 Å². The fourth-order valence-corrected chi connectivity index (χ4v) is 9.11. The second-order valence-corrected chi connectivity index (χ2v) is 13.2. The van der Waals surface area contributed by atoms with E-state index in [1.807, 2.05) is 11.3 Å². The molecule has 7 aromatic carbocycles. The molecule has 0 saturated carbocycles. The molecule has 2 heterocycles. The van der Waals surface area contributed by atoms with E-state index < -0.39 is 5.41 Å². The first-order valence-electron chi connectivity index (χ1n) is 15.7. The SMILES string of the molecule is c1ccc(-c2cccc3sc4cc(Nc5cccc6c5C5(c7ccccc7O6)c6ccccc6-c6ccccc65)ccc4c23)cc1. The van der Waals surface area contributed by atoms with Crippen LogP contribution in [0.25, 0.3) is 42.4 Å². The molecule has 0 bridgehead atoms. The Labute approximate surface area is 271 Å². The molecule has 10 rings (SSSR count). The average Bonchev–Trinajstić information content (AvgIpc) is 3.63. The van der Waals surface area contributed by atoms with Crippen LogP contribution in [0.4, 0.5) is 11.4 Å². The lowest BCUT2D eigenvalue weighted by molar-refractivity contribution is 0.437. The largest absolute Gasteiger partial charge is 0.457 e. The zero-order valence-corrected chi connectivity index (χ0v) is 25.6. The number of hydrogen-bond acceptors (Lipinski definition) is 3. The average molecular weight is 606 g/mol. The highest BCUT2D eigenvalue weighted by Gasteiger charge is 2.52. The van der Waals surface area contributed by atoms with Crippen LogP contribution in [-0.4, -0.2) is 0 Å². The van der Waals surface area contributed by atoms with Gasteiger partial charge in [0.1, 0.15) is 11.5 Å². The van der Waals surface area contributed by atoms with Crippen LogP contribution in [0.5, 0.6) is 11.5 Å². The Morgan fingerprint density at radius 2 is 1.15 bits per heavy atom. The van der Waals surface area contributed by atoms with Gasteiger partial charge in [-0.2, -0.15) is 0 Å². The summed E-state index contributed by atoms with van der Waals surface area (Å²) in [5.74, 6) is 1.78. The zero-order valence-electron chi connectivity index (χ0n) is 24.8. The molecule has 216 valence electrons. The molecule has 0 amide bonds. The standard InChI is InChI=1S/C43H27NOS/c1-2-12-27(13-3-1)29-16-10-23-39-41(29)32-25-24-28(26-40(32)46-39)44-36-20-11-22-38-42(36)43(35-19-8-9-21-37(35)45-38)33-17-6-4-14-30(33)31-15-5-7-18-34(31)43/h1-26,44H. The predicted molar refractivity (Wildman–Crippen MR) is 192 cm³/mol. The molecule has 1 aliphatic heterocycles. The van der Waals surface area contributed by atoms with Crippen LogP contribution in [0.2, 0.25) is 0 Å². The number of fused-ring (bicyclic) bond motifs is 12. The summed E-state index contributed by atoms with van der Waals surface area (Å²) in [6.45, 7) is 0. The molecule has 3 heteroatoms. The number of benzene rings is 7. The van der Waals surface area contributed by atoms with Crippen LogP contribution < -0.4 is 10.1 Å². The van der Waals surface area contributed by atoms with Gasteiger partial charge >= 0.3 is 0 Å². The quantitative estimate of drug-likeness (QED) is 0.216. The first-order valence-corrected chi connectivity index (χ1v) is 16.5. The van der Waals surface area contributed by atoms with Gasteiger partial charge in [-0.3, -0.25) is 0 Å². The zero-order chi connectivity index (χ0) is 30.2. The van der Waals surface area contributed by atoms with Crippen molar-refractivity contribution in [3.63, 3.8) is 0 Å². The molecule has 1 aliphatic carbocycles. The van der Waals surface area contributed by atoms with E-state index in [2.05, 4.69) is 163 Å². The Morgan fingerprint density at radius 1 is 0.500 bits per heavy atom. The molecular formula is C43H27NOS. The van der Waals surface area contributed by atoms with E-state index in [1.54, 1.807) is 0 Å². The minimum atomic E-state index is -0.521. The van der Waals surface area contributed by atoms with Gasteiger partial charge in [-0.1, -0.05) is 121 Å². The topological polar surface area (TPSA) is 21.3 Å². The number of thiophene rings is 1. The lowest BCUT2D eigenvalue weighted by Gasteiger charge is -2.40. The van der Waals surface area contributed by atoms with E-state index in [0.717, 1.165) is 28.4 Å². The lowest BCUT2D eigenvalue weighted by atomic mass is 9.65. The second-order valence-electron chi connectivity index (χ2n) is 12.1. The predicted octanol–water partition coefficient (Wildman–Crippen LogP) is 11.9. The highest BCUT2D eigenvalue weighted by atomic mass is 32.1. The van der Waals surface area contributed by atoms with Crippen molar-refractivity contribution in [1.82, 2.24) is 0 Å². The Bertz CT molecular complexity index is 2450. The number of anilines is 2. The molecule has 2 aliphatic rings. The Kier molecular flexibility index (Phi) is 5.40. The highest BCUT2D eigenvalue weighted by Crippen LogP contribution is 2.63. The van der Waals surface area contributed by atoms with E-state index in [-0.39, 0.29) is 0 Å². The van der Waals surface area contributed by atoms with E-state index in [9.17, 15) is 0 Å². The van der Waals surface area contributed by atoms with Crippen molar-refractivity contribution in [3.8, 4) is 33.8 Å². The van der Waals surface area contributed by atoms with Crippen molar-refractivity contribution in [2.24, 2.45) is 0 Å². The Balaban J connectivity index is 1.18. The van der Waals surface area contributed by atoms with Crippen molar-refractivity contribution in [3.05, 3.63) is 180 Å². The van der Waals surface area contributed by atoms with Crippen LogP contribution in [0.15, 0.2) is 158 Å². The molecule has 1 spiro atoms. The van der Waals surface area contributed by atoms with Crippen molar-refractivity contribution < 1.29 is 4.74 Å². The number of para-hydroxylation sites is 1. The normalized spacial score (nSPS) is 13.6. The van der Waals surface area contributed by atoms with Crippen molar-refractivity contribution >= 4 is 42.9 Å². The first-order chi connectivity index (χ1) is 22.8. The summed E-state index contributed by atoms with van der Waals surface area (Å²) >= 11 is 1.85. The van der Waals surface area contributed by atoms with Crippen LogP contribution in [0, 0.1) is 0 Å². The molecule has 0 radical (unpaired) electrons. The molecule has 0 atom stereocenters. The molecule has 8 aromatic rings. The summed E-state index contributed by atoms with van der Waals surface area (Å²) in [5.41, 5.74) is 11.5. The number of ether oxygens (including phenoxy) is 1. The van der Waals surface area contributed by atoms with Crippen LogP contribution >= 0.6 is 11.3 Å². The van der Waals surface area contributed by atoms with Crippen molar-refractivity contribution in [2.75, 3.05) is 5.32 Å². The maximum Gasteiger partial charge on any atom is 0.134 e. The Morgan fingerprint density at radius 3 is 1.96 bits per heavy atom. The number of rotatable bonds is 3. The summed E-state index contributed by atoms with van der Waals surface area (Å²) < 4.78 is 9.26. The van der Waals surface area contributed by atoms with Gasteiger partial charge in [-0.25, -0.2) is 0 Å². The number of hydrogen-bond donors (Lipinski definition) is 1. The van der Waals surface area contributed by atoms with Gasteiger partial charge in [0.05, 0.1) is 5.41 Å². The third-order valence-electron chi connectivity index (χ3n) is 9.73. The van der Waals surface area contributed by atoms with Gasteiger partial charge < -0.3 is 10.1 Å². The summed E-state index contributed by atoms with van der Waals surface area (Å²) in [5, 5.41) is 6.49. The van der Waals surface area contributed by atoms with Crippen LogP contribution in [0.1, 0.15) is 22.3 Å². The third-order valence-corrected chi connectivity index (χ3v) is 10.8.